The Morgan fingerprint density at radius 3 is 2.30 bits per heavy atom. The number of rotatable bonds is 6. The molecule has 0 radical (unpaired) electrons. The highest BCUT2D eigenvalue weighted by atomic mass is 79.9. The summed E-state index contributed by atoms with van der Waals surface area (Å²) in [6.45, 7) is 2.07. The zero-order valence-electron chi connectivity index (χ0n) is 12.8. The molecule has 0 saturated heterocycles. The number of hydrogen-bond acceptors (Lipinski definition) is 2. The normalized spacial score (nSPS) is 13.4. The molecule has 0 bridgehead atoms. The number of hydrogen-bond donors (Lipinski definition) is 1. The first kappa shape index (κ1) is 17.6. The second-order valence-corrected chi connectivity index (χ2v) is 5.89. The Kier molecular flexibility index (Phi) is 6.30. The molecule has 0 aliphatic heterocycles. The minimum absolute atomic E-state index is 0.109. The number of carbonyl (C=O) groups excluding carboxylic acids is 1. The van der Waals surface area contributed by atoms with Crippen LogP contribution in [0.25, 0.3) is 0 Å². The van der Waals surface area contributed by atoms with Gasteiger partial charge in [-0.15, -0.1) is 0 Å². The van der Waals surface area contributed by atoms with Crippen LogP contribution in [0.3, 0.4) is 0 Å². The van der Waals surface area contributed by atoms with Crippen LogP contribution >= 0.6 is 15.9 Å². The van der Waals surface area contributed by atoms with Crippen LogP contribution in [0.1, 0.15) is 30.2 Å². The summed E-state index contributed by atoms with van der Waals surface area (Å²) in [6.07, 6.45) is -0.871. The second kappa shape index (κ2) is 8.22. The maximum Gasteiger partial charge on any atom is 0.233 e. The molecule has 0 unspecified atom stereocenters. The van der Waals surface area contributed by atoms with E-state index in [9.17, 15) is 14.3 Å². The minimum Gasteiger partial charge on any atom is -0.387 e. The van der Waals surface area contributed by atoms with Crippen molar-refractivity contribution in [1.82, 2.24) is 4.90 Å². The van der Waals surface area contributed by atoms with Gasteiger partial charge in [0.25, 0.3) is 0 Å². The highest BCUT2D eigenvalue weighted by Gasteiger charge is 2.24. The third-order valence-electron chi connectivity index (χ3n) is 3.81. The van der Waals surface area contributed by atoms with Crippen molar-refractivity contribution in [2.45, 2.75) is 19.1 Å². The topological polar surface area (TPSA) is 40.5 Å². The van der Waals surface area contributed by atoms with E-state index in [0.29, 0.717) is 5.56 Å². The first-order valence-corrected chi connectivity index (χ1v) is 8.49. The molecule has 0 spiro atoms. The zero-order chi connectivity index (χ0) is 16.8. The molecule has 0 fully saturated rings. The first-order chi connectivity index (χ1) is 11.0. The van der Waals surface area contributed by atoms with Gasteiger partial charge in [0.2, 0.25) is 5.91 Å². The average Bonchev–Trinajstić information content (AvgIpc) is 2.59. The number of amides is 1. The molecular formula is C18H19BrFNO2. The third kappa shape index (κ3) is 4.62. The standard InChI is InChI=1S/C18H19BrFNO2/c1-13(14-5-3-2-4-6-14)21(18(23)11-19)12-17(22)15-7-9-16(20)10-8-15/h2-10,13,17,22H,11-12H2,1H3/t13-,17-/m0/s1. The Hall–Kier alpha value is -1.72. The lowest BCUT2D eigenvalue weighted by Crippen LogP contribution is -2.37. The van der Waals surface area contributed by atoms with Crippen LogP contribution in [0.2, 0.25) is 0 Å². The lowest BCUT2D eigenvalue weighted by Gasteiger charge is -2.31. The molecule has 0 aliphatic rings. The summed E-state index contributed by atoms with van der Waals surface area (Å²) in [5.74, 6) is -0.463. The quantitative estimate of drug-likeness (QED) is 0.774. The molecule has 0 aromatic heterocycles. The lowest BCUT2D eigenvalue weighted by molar-refractivity contribution is -0.132. The van der Waals surface area contributed by atoms with Gasteiger partial charge in [-0.1, -0.05) is 58.4 Å². The van der Waals surface area contributed by atoms with Crippen LogP contribution < -0.4 is 0 Å². The van der Waals surface area contributed by atoms with Crippen molar-refractivity contribution < 1.29 is 14.3 Å². The maximum absolute atomic E-state index is 13.0. The van der Waals surface area contributed by atoms with Gasteiger partial charge in [0.05, 0.1) is 24.0 Å². The van der Waals surface area contributed by atoms with Gasteiger partial charge in [-0.2, -0.15) is 0 Å². The summed E-state index contributed by atoms with van der Waals surface area (Å²) in [5.41, 5.74) is 1.58. The predicted octanol–water partition coefficient (Wildman–Crippen LogP) is 3.84. The number of carbonyl (C=O) groups is 1. The van der Waals surface area contributed by atoms with Crippen LogP contribution in [-0.2, 0) is 4.79 Å². The van der Waals surface area contributed by atoms with Gasteiger partial charge in [0.1, 0.15) is 5.82 Å². The fourth-order valence-electron chi connectivity index (χ4n) is 2.44. The van der Waals surface area contributed by atoms with E-state index in [1.807, 2.05) is 37.3 Å². The molecule has 23 heavy (non-hydrogen) atoms. The summed E-state index contributed by atoms with van der Waals surface area (Å²) in [4.78, 5) is 13.9. The van der Waals surface area contributed by atoms with Crippen LogP contribution in [0.4, 0.5) is 4.39 Å². The number of halogens is 2. The Labute approximate surface area is 143 Å². The van der Waals surface area contributed by atoms with E-state index in [0.717, 1.165) is 5.56 Å². The van der Waals surface area contributed by atoms with Gasteiger partial charge >= 0.3 is 0 Å². The van der Waals surface area contributed by atoms with Crippen molar-refractivity contribution in [2.24, 2.45) is 0 Å². The molecule has 2 atom stereocenters. The highest BCUT2D eigenvalue weighted by molar-refractivity contribution is 9.09. The smallest absolute Gasteiger partial charge is 0.233 e. The molecule has 1 N–H and O–H groups in total. The van der Waals surface area contributed by atoms with Gasteiger partial charge in [0, 0.05) is 0 Å². The van der Waals surface area contributed by atoms with Crippen LogP contribution in [0, 0.1) is 5.82 Å². The number of aliphatic hydroxyl groups is 1. The molecule has 3 nitrogen and oxygen atoms in total. The molecule has 0 aliphatic carbocycles. The number of nitrogens with zero attached hydrogens (tertiary/aromatic N) is 1. The van der Waals surface area contributed by atoms with Crippen molar-refractivity contribution in [1.29, 1.82) is 0 Å². The Balaban J connectivity index is 2.18. The summed E-state index contributed by atoms with van der Waals surface area (Å²) >= 11 is 3.19. The highest BCUT2D eigenvalue weighted by Crippen LogP contribution is 2.24. The lowest BCUT2D eigenvalue weighted by atomic mass is 10.0. The van der Waals surface area contributed by atoms with Crippen molar-refractivity contribution in [3.8, 4) is 0 Å². The monoisotopic (exact) mass is 379 g/mol. The predicted molar refractivity (Wildman–Crippen MR) is 91.7 cm³/mol. The van der Waals surface area contributed by atoms with Crippen molar-refractivity contribution >= 4 is 21.8 Å². The number of alkyl halides is 1. The summed E-state index contributed by atoms with van der Waals surface area (Å²) in [7, 11) is 0. The SMILES string of the molecule is C[C@@H](c1ccccc1)N(C[C@H](O)c1ccc(F)cc1)C(=O)CBr. The Bertz CT molecular complexity index is 633. The van der Waals surface area contributed by atoms with Crippen molar-refractivity contribution in [2.75, 3.05) is 11.9 Å². The van der Waals surface area contributed by atoms with Crippen molar-refractivity contribution in [3.63, 3.8) is 0 Å². The van der Waals surface area contributed by atoms with E-state index in [4.69, 9.17) is 0 Å². The van der Waals surface area contributed by atoms with Gasteiger partial charge in [-0.25, -0.2) is 4.39 Å². The molecule has 2 aromatic rings. The van der Waals surface area contributed by atoms with Crippen LogP contribution in [0.15, 0.2) is 54.6 Å². The molecule has 5 heteroatoms. The Morgan fingerprint density at radius 1 is 1.13 bits per heavy atom. The Morgan fingerprint density at radius 2 is 1.74 bits per heavy atom. The fourth-order valence-corrected chi connectivity index (χ4v) is 2.76. The molecule has 1 amide bonds. The summed E-state index contributed by atoms with van der Waals surface area (Å²) in [6, 6.07) is 15.1. The largest absolute Gasteiger partial charge is 0.387 e. The number of benzene rings is 2. The molecule has 0 saturated carbocycles. The van der Waals surface area contributed by atoms with E-state index in [1.54, 1.807) is 4.90 Å². The number of aliphatic hydroxyl groups excluding tert-OH is 1. The van der Waals surface area contributed by atoms with Gasteiger partial charge < -0.3 is 10.0 Å². The summed E-state index contributed by atoms with van der Waals surface area (Å²) in [5, 5.41) is 10.6. The fraction of sp³-hybridized carbons (Fsp3) is 0.278. The van der Waals surface area contributed by atoms with E-state index < -0.39 is 6.10 Å². The zero-order valence-corrected chi connectivity index (χ0v) is 14.4. The van der Waals surface area contributed by atoms with Gasteiger partial charge in [0.15, 0.2) is 0 Å². The molecule has 0 heterocycles. The molecule has 2 aromatic carbocycles. The second-order valence-electron chi connectivity index (χ2n) is 5.33. The van der Waals surface area contributed by atoms with E-state index in [2.05, 4.69) is 15.9 Å². The first-order valence-electron chi connectivity index (χ1n) is 7.37. The van der Waals surface area contributed by atoms with E-state index in [-0.39, 0.29) is 29.6 Å². The molecule has 122 valence electrons. The van der Waals surface area contributed by atoms with E-state index >= 15 is 0 Å². The maximum atomic E-state index is 13.0. The molecule has 2 rings (SSSR count). The van der Waals surface area contributed by atoms with Gasteiger partial charge in [-0.3, -0.25) is 4.79 Å². The minimum atomic E-state index is -0.871. The third-order valence-corrected chi connectivity index (χ3v) is 4.29. The summed E-state index contributed by atoms with van der Waals surface area (Å²) < 4.78 is 13.0. The molecular weight excluding hydrogens is 361 g/mol. The van der Waals surface area contributed by atoms with Crippen molar-refractivity contribution in [3.05, 3.63) is 71.5 Å². The van der Waals surface area contributed by atoms with E-state index in [1.165, 1.54) is 24.3 Å². The van der Waals surface area contributed by atoms with Crippen LogP contribution in [0.5, 0.6) is 0 Å². The van der Waals surface area contributed by atoms with Crippen LogP contribution in [-0.4, -0.2) is 27.8 Å². The average molecular weight is 380 g/mol. The van der Waals surface area contributed by atoms with Gasteiger partial charge in [-0.05, 0) is 30.2 Å².